The quantitative estimate of drug-likeness (QED) is 0.618. The van der Waals surface area contributed by atoms with E-state index in [4.69, 9.17) is 5.14 Å². The summed E-state index contributed by atoms with van der Waals surface area (Å²) >= 11 is 0. The van der Waals surface area contributed by atoms with Crippen LogP contribution in [0.2, 0.25) is 0 Å². The molecule has 22 heavy (non-hydrogen) atoms. The van der Waals surface area contributed by atoms with Crippen molar-refractivity contribution in [1.82, 2.24) is 10.6 Å². The van der Waals surface area contributed by atoms with Gasteiger partial charge in [0, 0.05) is 13.0 Å². The molecule has 0 saturated heterocycles. The van der Waals surface area contributed by atoms with Crippen molar-refractivity contribution in [3.8, 4) is 0 Å². The Bertz CT molecular complexity index is 611. The number of nitrogens with two attached hydrogens (primary N) is 1. The van der Waals surface area contributed by atoms with E-state index in [1.807, 2.05) is 6.92 Å². The second-order valence-electron chi connectivity index (χ2n) is 4.82. The molecular weight excluding hydrogens is 306 g/mol. The predicted octanol–water partition coefficient (Wildman–Crippen LogP) is -0.0910. The first-order valence-electron chi connectivity index (χ1n) is 6.98. The second kappa shape index (κ2) is 8.50. The summed E-state index contributed by atoms with van der Waals surface area (Å²) in [6.07, 6.45) is 1.70. The highest BCUT2D eigenvalue weighted by atomic mass is 32.2. The fourth-order valence-corrected chi connectivity index (χ4v) is 2.26. The molecule has 8 heteroatoms. The van der Waals surface area contributed by atoms with Gasteiger partial charge < -0.3 is 10.6 Å². The molecule has 1 aromatic rings. The topological polar surface area (TPSA) is 118 Å². The molecule has 7 nitrogen and oxygen atoms in total. The molecule has 0 aromatic heterocycles. The highest BCUT2D eigenvalue weighted by molar-refractivity contribution is 7.89. The van der Waals surface area contributed by atoms with Crippen molar-refractivity contribution in [2.45, 2.75) is 31.1 Å². The smallest absolute Gasteiger partial charge is 0.239 e. The maximum atomic E-state index is 11.5. The molecule has 0 radical (unpaired) electrons. The maximum Gasteiger partial charge on any atom is 0.239 e. The average Bonchev–Trinajstić information content (AvgIpc) is 2.45. The molecule has 0 heterocycles. The van der Waals surface area contributed by atoms with Gasteiger partial charge in [0.05, 0.1) is 11.4 Å². The number of sulfonamides is 1. The fraction of sp³-hybridized carbons (Fsp3) is 0.429. The van der Waals surface area contributed by atoms with E-state index in [0.717, 1.165) is 12.0 Å². The largest absolute Gasteiger partial charge is 0.354 e. The van der Waals surface area contributed by atoms with E-state index in [1.165, 1.54) is 12.1 Å². The standard InChI is InChI=1S/C14H21N3O4S/c1-2-3-13(18)17-10-14(19)16-9-8-11-4-6-12(7-5-11)22(15,20)21/h4-7H,2-3,8-10H2,1H3,(H,16,19)(H,17,18)(H2,15,20,21). The number of hydrogen-bond donors (Lipinski definition) is 3. The lowest BCUT2D eigenvalue weighted by molar-refractivity contribution is -0.126. The minimum absolute atomic E-state index is 0.0385. The van der Waals surface area contributed by atoms with Gasteiger partial charge in [0.15, 0.2) is 0 Å². The van der Waals surface area contributed by atoms with Crippen LogP contribution in [0.3, 0.4) is 0 Å². The number of hydrogen-bond acceptors (Lipinski definition) is 4. The zero-order valence-corrected chi connectivity index (χ0v) is 13.3. The molecule has 0 atom stereocenters. The third kappa shape index (κ3) is 6.68. The maximum absolute atomic E-state index is 11.5. The summed E-state index contributed by atoms with van der Waals surface area (Å²) in [6.45, 7) is 2.25. The predicted molar refractivity (Wildman–Crippen MR) is 82.4 cm³/mol. The third-order valence-electron chi connectivity index (χ3n) is 2.91. The van der Waals surface area contributed by atoms with Crippen molar-refractivity contribution < 1.29 is 18.0 Å². The molecule has 0 fully saturated rings. The Morgan fingerprint density at radius 1 is 1.09 bits per heavy atom. The van der Waals surface area contributed by atoms with Crippen molar-refractivity contribution in [2.75, 3.05) is 13.1 Å². The zero-order chi connectivity index (χ0) is 16.6. The Morgan fingerprint density at radius 2 is 1.73 bits per heavy atom. The van der Waals surface area contributed by atoms with Gasteiger partial charge in [-0.2, -0.15) is 0 Å². The summed E-state index contributed by atoms with van der Waals surface area (Å²) < 4.78 is 22.2. The van der Waals surface area contributed by atoms with E-state index in [2.05, 4.69) is 10.6 Å². The Balaban J connectivity index is 2.32. The molecule has 0 unspecified atom stereocenters. The molecule has 0 aliphatic carbocycles. The number of nitrogens with one attached hydrogen (secondary N) is 2. The summed E-state index contributed by atoms with van der Waals surface area (Å²) in [7, 11) is -3.68. The molecular formula is C14H21N3O4S. The number of primary sulfonamides is 1. The summed E-state index contributed by atoms with van der Waals surface area (Å²) in [4.78, 5) is 22.8. The van der Waals surface area contributed by atoms with Crippen molar-refractivity contribution in [2.24, 2.45) is 5.14 Å². The van der Waals surface area contributed by atoms with E-state index in [-0.39, 0.29) is 23.3 Å². The van der Waals surface area contributed by atoms with E-state index in [1.54, 1.807) is 12.1 Å². The molecule has 0 saturated carbocycles. The molecule has 0 bridgehead atoms. The van der Waals surface area contributed by atoms with Crippen LogP contribution in [0, 0.1) is 0 Å². The molecule has 4 N–H and O–H groups in total. The zero-order valence-electron chi connectivity index (χ0n) is 12.5. The molecule has 1 rings (SSSR count). The molecule has 0 aliphatic heterocycles. The van der Waals surface area contributed by atoms with Gasteiger partial charge >= 0.3 is 0 Å². The van der Waals surface area contributed by atoms with Gasteiger partial charge in [-0.3, -0.25) is 9.59 Å². The van der Waals surface area contributed by atoms with Gasteiger partial charge in [0.25, 0.3) is 0 Å². The number of carbonyl (C=O) groups is 2. The first kappa shape index (κ1) is 18.1. The highest BCUT2D eigenvalue weighted by Gasteiger charge is 2.07. The van der Waals surface area contributed by atoms with E-state index >= 15 is 0 Å². The van der Waals surface area contributed by atoms with Crippen LogP contribution in [0.4, 0.5) is 0 Å². The van der Waals surface area contributed by atoms with Gasteiger partial charge in [-0.05, 0) is 30.5 Å². The Kier molecular flexibility index (Phi) is 7.00. The van der Waals surface area contributed by atoms with E-state index in [9.17, 15) is 18.0 Å². The fourth-order valence-electron chi connectivity index (χ4n) is 1.75. The molecule has 122 valence electrons. The first-order chi connectivity index (χ1) is 10.3. The number of rotatable bonds is 8. The van der Waals surface area contributed by atoms with Gasteiger partial charge in [-0.1, -0.05) is 19.1 Å². The van der Waals surface area contributed by atoms with Crippen LogP contribution in [0.15, 0.2) is 29.2 Å². The van der Waals surface area contributed by atoms with Crippen LogP contribution in [0.5, 0.6) is 0 Å². The monoisotopic (exact) mass is 327 g/mol. The second-order valence-corrected chi connectivity index (χ2v) is 6.38. The van der Waals surface area contributed by atoms with Gasteiger partial charge in [0.2, 0.25) is 21.8 Å². The molecule has 0 spiro atoms. The summed E-state index contributed by atoms with van der Waals surface area (Å²) in [5, 5.41) is 10.2. The van der Waals surface area contributed by atoms with Crippen molar-refractivity contribution in [1.29, 1.82) is 0 Å². The first-order valence-corrected chi connectivity index (χ1v) is 8.52. The molecule has 1 aromatic carbocycles. The lowest BCUT2D eigenvalue weighted by atomic mass is 10.1. The normalized spacial score (nSPS) is 11.0. The average molecular weight is 327 g/mol. The van der Waals surface area contributed by atoms with E-state index in [0.29, 0.717) is 19.4 Å². The Morgan fingerprint density at radius 3 is 2.27 bits per heavy atom. The number of amides is 2. The van der Waals surface area contributed by atoms with Crippen LogP contribution in [-0.2, 0) is 26.0 Å². The summed E-state index contributed by atoms with van der Waals surface area (Å²) in [5.74, 6) is -0.401. The molecule has 2 amide bonds. The number of carbonyl (C=O) groups excluding carboxylic acids is 2. The van der Waals surface area contributed by atoms with Crippen LogP contribution in [-0.4, -0.2) is 33.3 Å². The van der Waals surface area contributed by atoms with Crippen molar-refractivity contribution in [3.05, 3.63) is 29.8 Å². The van der Waals surface area contributed by atoms with Gasteiger partial charge in [-0.25, -0.2) is 13.6 Å². The third-order valence-corrected chi connectivity index (χ3v) is 3.84. The lowest BCUT2D eigenvalue weighted by Gasteiger charge is -2.07. The van der Waals surface area contributed by atoms with Crippen molar-refractivity contribution >= 4 is 21.8 Å². The summed E-state index contributed by atoms with van der Waals surface area (Å²) in [5.41, 5.74) is 0.878. The van der Waals surface area contributed by atoms with Crippen molar-refractivity contribution in [3.63, 3.8) is 0 Å². The highest BCUT2D eigenvalue weighted by Crippen LogP contribution is 2.08. The van der Waals surface area contributed by atoms with Crippen LogP contribution in [0.1, 0.15) is 25.3 Å². The van der Waals surface area contributed by atoms with Gasteiger partial charge in [0.1, 0.15) is 0 Å². The minimum atomic E-state index is -3.68. The van der Waals surface area contributed by atoms with Crippen LogP contribution >= 0.6 is 0 Å². The van der Waals surface area contributed by atoms with Crippen LogP contribution < -0.4 is 15.8 Å². The summed E-state index contributed by atoms with van der Waals surface area (Å²) in [6, 6.07) is 6.15. The Labute approximate surface area is 130 Å². The van der Waals surface area contributed by atoms with Gasteiger partial charge in [-0.15, -0.1) is 0 Å². The Hall–Kier alpha value is -1.93. The number of benzene rings is 1. The molecule has 0 aliphatic rings. The van der Waals surface area contributed by atoms with Crippen LogP contribution in [0.25, 0.3) is 0 Å². The lowest BCUT2D eigenvalue weighted by Crippen LogP contribution is -2.37. The van der Waals surface area contributed by atoms with E-state index < -0.39 is 10.0 Å². The minimum Gasteiger partial charge on any atom is -0.354 e. The SMILES string of the molecule is CCCC(=O)NCC(=O)NCCc1ccc(S(N)(=O)=O)cc1.